The number of halogens is 4. The summed E-state index contributed by atoms with van der Waals surface area (Å²) in [5, 5.41) is 44.1. The van der Waals surface area contributed by atoms with Gasteiger partial charge in [-0.05, 0) is 68.1 Å². The molecule has 1 aromatic heterocycles. The highest BCUT2D eigenvalue weighted by Gasteiger charge is 2.45. The van der Waals surface area contributed by atoms with Gasteiger partial charge >= 0.3 is 24.1 Å². The van der Waals surface area contributed by atoms with E-state index in [-0.39, 0.29) is 127 Å². The lowest BCUT2D eigenvalue weighted by molar-refractivity contribution is -0.140. The summed E-state index contributed by atoms with van der Waals surface area (Å²) in [5.41, 5.74) is -1.11. The van der Waals surface area contributed by atoms with Crippen molar-refractivity contribution in [2.75, 3.05) is 182 Å². The van der Waals surface area contributed by atoms with Crippen LogP contribution in [-0.2, 0) is 54.5 Å². The summed E-state index contributed by atoms with van der Waals surface area (Å²) in [7, 11) is 0. The Kier molecular flexibility index (Phi) is 26.7. The number of aliphatic carboxylic acids is 3. The fourth-order valence-corrected chi connectivity index (χ4v) is 10.4. The highest BCUT2D eigenvalue weighted by atomic mass is 19.4. The molecule has 3 aromatic rings. The Balaban J connectivity index is 0.863. The minimum atomic E-state index is -4.63. The van der Waals surface area contributed by atoms with E-state index in [0.717, 1.165) is 12.1 Å². The maximum Gasteiger partial charge on any atom is 0.416 e. The number of hydrogen-bond acceptors (Lipinski definition) is 18. The lowest BCUT2D eigenvalue weighted by atomic mass is 9.72. The molecule has 0 unspecified atom stereocenters. The largest absolute Gasteiger partial charge is 0.493 e. The number of ether oxygens (including phenoxy) is 5. The Labute approximate surface area is 486 Å². The van der Waals surface area contributed by atoms with Crippen LogP contribution in [-0.4, -0.2) is 258 Å². The van der Waals surface area contributed by atoms with Crippen molar-refractivity contribution in [2.45, 2.75) is 43.8 Å². The molecule has 0 aliphatic carbocycles. The Morgan fingerprint density at radius 3 is 1.76 bits per heavy atom. The van der Waals surface area contributed by atoms with Gasteiger partial charge in [0.1, 0.15) is 23.3 Å². The third kappa shape index (κ3) is 21.2. The van der Waals surface area contributed by atoms with E-state index in [2.05, 4.69) is 20.5 Å². The summed E-state index contributed by atoms with van der Waals surface area (Å²) in [6.07, 6.45) is -2.11. The quantitative estimate of drug-likeness (QED) is 0.0474. The first-order valence-electron chi connectivity index (χ1n) is 28.3. The van der Waals surface area contributed by atoms with Gasteiger partial charge in [0.2, 0.25) is 11.8 Å². The fraction of sp³-hybridized carbons (Fsp3) is 0.596. The molecule has 0 saturated carbocycles. The van der Waals surface area contributed by atoms with Crippen LogP contribution in [0.15, 0.2) is 54.7 Å². The molecule has 0 bridgehead atoms. The third-order valence-electron chi connectivity index (χ3n) is 14.9. The van der Waals surface area contributed by atoms with Gasteiger partial charge < -0.3 is 54.5 Å². The first-order valence-corrected chi connectivity index (χ1v) is 28.3. The van der Waals surface area contributed by atoms with Crippen LogP contribution in [0.25, 0.3) is 11.3 Å². The van der Waals surface area contributed by atoms with Gasteiger partial charge in [-0.2, -0.15) is 18.4 Å². The highest BCUT2D eigenvalue weighted by molar-refractivity contribution is 5.89. The molecule has 4 heterocycles. The minimum Gasteiger partial charge on any atom is -0.493 e. The summed E-state index contributed by atoms with van der Waals surface area (Å²) < 4.78 is 85.2. The number of carbonyl (C=O) groups is 5. The monoisotopic (exact) mass is 1190 g/mol. The molecule has 84 heavy (non-hydrogen) atoms. The van der Waals surface area contributed by atoms with E-state index in [4.69, 9.17) is 23.7 Å². The molecule has 3 fully saturated rings. The second-order valence-electron chi connectivity index (χ2n) is 20.7. The number of alkyl halides is 3. The molecule has 3 aliphatic heterocycles. The van der Waals surface area contributed by atoms with Gasteiger partial charge in [0.25, 0.3) is 0 Å². The van der Waals surface area contributed by atoms with Crippen molar-refractivity contribution in [2.24, 2.45) is 0 Å². The lowest BCUT2D eigenvalue weighted by Gasteiger charge is -2.42. The number of rotatable bonds is 30. The van der Waals surface area contributed by atoms with E-state index in [1.165, 1.54) is 18.3 Å². The molecular weight excluding hydrogens is 1110 g/mol. The number of benzene rings is 2. The maximum atomic E-state index is 16.2. The van der Waals surface area contributed by atoms with Crippen molar-refractivity contribution in [3.63, 3.8) is 0 Å². The fourth-order valence-electron chi connectivity index (χ4n) is 10.4. The number of likely N-dealkylation sites (tertiary alicyclic amines) is 1. The number of nitrogens with one attached hydrogen (secondary N) is 2. The van der Waals surface area contributed by atoms with Gasteiger partial charge in [0.05, 0.1) is 108 Å². The van der Waals surface area contributed by atoms with Crippen molar-refractivity contribution >= 4 is 35.4 Å². The topological polar surface area (TPSA) is 272 Å². The number of nitriles is 1. The number of piperidine rings is 1. The molecule has 6 rings (SSSR count). The average molecular weight is 1190 g/mol. The van der Waals surface area contributed by atoms with Crippen molar-refractivity contribution < 1.29 is 80.5 Å². The molecule has 2 amide bonds. The minimum absolute atomic E-state index is 0.00401. The smallest absolute Gasteiger partial charge is 0.416 e. The third-order valence-corrected chi connectivity index (χ3v) is 14.9. The van der Waals surface area contributed by atoms with Crippen LogP contribution < -0.4 is 20.3 Å². The van der Waals surface area contributed by atoms with Crippen LogP contribution in [0.5, 0.6) is 5.75 Å². The molecule has 3 saturated heterocycles. The summed E-state index contributed by atoms with van der Waals surface area (Å²) >= 11 is 0. The summed E-state index contributed by atoms with van der Waals surface area (Å²) in [6, 6.07) is 13.0. The molecule has 2 aromatic carbocycles. The number of carboxylic acids is 3. The lowest BCUT2D eigenvalue weighted by Crippen LogP contribution is -2.54. The zero-order valence-corrected chi connectivity index (χ0v) is 47.5. The first kappa shape index (κ1) is 66.5. The van der Waals surface area contributed by atoms with Crippen LogP contribution in [0, 0.1) is 17.1 Å². The predicted octanol–water partition coefficient (Wildman–Crippen LogP) is 2.56. The van der Waals surface area contributed by atoms with Crippen molar-refractivity contribution in [1.29, 1.82) is 5.26 Å². The average Bonchev–Trinajstić information content (AvgIpc) is 1.69. The van der Waals surface area contributed by atoms with E-state index in [1.807, 2.05) is 17.9 Å². The van der Waals surface area contributed by atoms with Crippen molar-refractivity contribution in [3.05, 3.63) is 77.2 Å². The maximum absolute atomic E-state index is 16.2. The van der Waals surface area contributed by atoms with Gasteiger partial charge in [0, 0.05) is 109 Å². The first-order chi connectivity index (χ1) is 40.4. The summed E-state index contributed by atoms with van der Waals surface area (Å²) in [5.74, 6) is -3.88. The Morgan fingerprint density at radius 2 is 1.24 bits per heavy atom. The van der Waals surface area contributed by atoms with Crippen LogP contribution in [0.3, 0.4) is 0 Å². The molecule has 462 valence electrons. The normalized spacial score (nSPS) is 18.1. The Bertz CT molecular complexity index is 2630. The van der Waals surface area contributed by atoms with Crippen LogP contribution >= 0.6 is 0 Å². The predicted molar refractivity (Wildman–Crippen MR) is 298 cm³/mol. The number of carbonyl (C=O) groups excluding carboxylic acids is 2. The molecule has 0 spiro atoms. The van der Waals surface area contributed by atoms with Crippen LogP contribution in [0.1, 0.15) is 42.9 Å². The number of nitrogens with zero attached hydrogens (tertiary/aromatic N) is 8. The van der Waals surface area contributed by atoms with Gasteiger partial charge in [-0.3, -0.25) is 53.5 Å². The Morgan fingerprint density at radius 1 is 0.702 bits per heavy atom. The number of anilines is 1. The van der Waals surface area contributed by atoms with E-state index in [1.54, 1.807) is 43.9 Å². The SMILES string of the molecule is CCOc1ccccc1-c1ncc(C2(C(=O)N[C@@H]3CCN(CCOCCOCCOCCOCCNC(=O)CN4CCN(CC(=O)O)CCN(CC(=O)O)CCN(CC(=O)O)CC4)C3)CCN(c3ccc(C(F)(F)F)cc3C#N)CC2)cc1F. The summed E-state index contributed by atoms with van der Waals surface area (Å²) in [4.78, 5) is 77.4. The van der Waals surface area contributed by atoms with E-state index >= 15 is 4.39 Å². The van der Waals surface area contributed by atoms with Crippen LogP contribution in [0.2, 0.25) is 0 Å². The molecule has 23 nitrogen and oxygen atoms in total. The van der Waals surface area contributed by atoms with E-state index in [9.17, 15) is 57.7 Å². The standard InChI is InChI=1S/C57H78F4N10O13/c1-2-84-49-6-4-3-5-46(49)54-47(58)34-44(36-64-54)56(10-14-71(15-11-56)48-8-7-43(57(59,60)61)33-42(48)35-62)55(79)65-45-9-13-66(37-45)24-26-81-28-30-83-32-31-82-29-27-80-25-12-63-50(72)38-67-16-18-68(39-51(73)74)20-22-70(41-53(77)78)23-21-69(19-17-67)40-52(75)76/h3-8,33-34,36,45H,2,9-32,37-41H2,1H3,(H,63,72)(H,65,79)(H,73,74)(H,75,76)(H,77,78)/t45-/m1/s1. The van der Waals surface area contributed by atoms with E-state index < -0.39 is 40.9 Å². The summed E-state index contributed by atoms with van der Waals surface area (Å²) in [6.45, 7) is 8.83. The zero-order valence-electron chi connectivity index (χ0n) is 47.5. The molecule has 3 aliphatic rings. The molecule has 0 radical (unpaired) electrons. The zero-order chi connectivity index (χ0) is 60.5. The second-order valence-corrected chi connectivity index (χ2v) is 20.7. The number of aromatic nitrogens is 1. The number of carboxylic acid groups (broad SMARTS) is 3. The Hall–Kier alpha value is -6.61. The van der Waals surface area contributed by atoms with Gasteiger partial charge in [0.15, 0.2) is 0 Å². The van der Waals surface area contributed by atoms with Gasteiger partial charge in [-0.25, -0.2) is 4.39 Å². The number of amides is 2. The van der Waals surface area contributed by atoms with Gasteiger partial charge in [-0.1, -0.05) is 12.1 Å². The number of para-hydroxylation sites is 1. The number of pyridine rings is 1. The molecule has 1 atom stereocenters. The highest BCUT2D eigenvalue weighted by Crippen LogP contribution is 2.41. The molecule has 5 N–H and O–H groups in total. The van der Waals surface area contributed by atoms with Crippen molar-refractivity contribution in [1.82, 2.24) is 40.1 Å². The second kappa shape index (κ2) is 33.8. The molecule has 27 heteroatoms. The van der Waals surface area contributed by atoms with E-state index in [0.29, 0.717) is 121 Å². The van der Waals surface area contributed by atoms with Crippen molar-refractivity contribution in [3.8, 4) is 23.1 Å². The van der Waals surface area contributed by atoms with Crippen LogP contribution in [0.4, 0.5) is 23.2 Å². The van der Waals surface area contributed by atoms with Gasteiger partial charge in [-0.15, -0.1) is 0 Å². The molecular formula is C57H78F4N10O13. The number of hydrogen-bond donors (Lipinski definition) is 5.